The Bertz CT molecular complexity index is 540. The third-order valence-electron chi connectivity index (χ3n) is 2.99. The van der Waals surface area contributed by atoms with Gasteiger partial charge in [-0.15, -0.1) is 11.8 Å². The summed E-state index contributed by atoms with van der Waals surface area (Å²) in [6.45, 7) is 5.44. The van der Waals surface area contributed by atoms with Crippen LogP contribution in [0.2, 0.25) is 0 Å². The standard InChI is InChI=1S/C18H22O2S/c1-3-13-21-18-14-17(10-9-15(18)2)20-12-11-19-16-7-5-4-6-8-16/h4-10,14H,3,11-13H2,1-2H3. The second-order valence-corrected chi connectivity index (χ2v) is 5.92. The molecule has 21 heavy (non-hydrogen) atoms. The first-order valence-electron chi connectivity index (χ1n) is 7.33. The van der Waals surface area contributed by atoms with Crippen molar-refractivity contribution < 1.29 is 9.47 Å². The Kier molecular flexibility index (Phi) is 6.48. The quantitative estimate of drug-likeness (QED) is 0.507. The Balaban J connectivity index is 1.80. The number of ether oxygens (including phenoxy) is 2. The molecule has 0 aliphatic heterocycles. The van der Waals surface area contributed by atoms with Crippen LogP contribution in [0.15, 0.2) is 53.4 Å². The molecule has 0 heterocycles. The van der Waals surface area contributed by atoms with E-state index in [1.54, 1.807) is 0 Å². The van der Waals surface area contributed by atoms with Crippen molar-refractivity contribution in [2.75, 3.05) is 19.0 Å². The fourth-order valence-electron chi connectivity index (χ4n) is 1.87. The first kappa shape index (κ1) is 15.8. The average Bonchev–Trinajstić information content (AvgIpc) is 2.52. The first-order valence-corrected chi connectivity index (χ1v) is 8.32. The third-order valence-corrected chi connectivity index (χ3v) is 4.35. The maximum atomic E-state index is 5.77. The zero-order chi connectivity index (χ0) is 14.9. The highest BCUT2D eigenvalue weighted by atomic mass is 32.2. The largest absolute Gasteiger partial charge is 0.490 e. The number of aryl methyl sites for hydroxylation is 1. The molecule has 0 aliphatic rings. The summed E-state index contributed by atoms with van der Waals surface area (Å²) < 4.78 is 11.4. The van der Waals surface area contributed by atoms with Crippen LogP contribution in [0.1, 0.15) is 18.9 Å². The van der Waals surface area contributed by atoms with Crippen molar-refractivity contribution in [1.82, 2.24) is 0 Å². The second kappa shape index (κ2) is 8.63. The topological polar surface area (TPSA) is 18.5 Å². The fourth-order valence-corrected chi connectivity index (χ4v) is 2.79. The molecule has 0 amide bonds. The minimum atomic E-state index is 0.551. The molecule has 0 bridgehead atoms. The number of rotatable bonds is 8. The third kappa shape index (κ3) is 5.35. The van der Waals surface area contributed by atoms with E-state index < -0.39 is 0 Å². The molecule has 0 aliphatic carbocycles. The first-order chi connectivity index (χ1) is 10.3. The minimum Gasteiger partial charge on any atom is -0.490 e. The van der Waals surface area contributed by atoms with Crippen LogP contribution in [0.25, 0.3) is 0 Å². The molecule has 2 nitrogen and oxygen atoms in total. The summed E-state index contributed by atoms with van der Waals surface area (Å²) in [5, 5.41) is 0. The van der Waals surface area contributed by atoms with Gasteiger partial charge < -0.3 is 9.47 Å². The SMILES string of the molecule is CCCSc1cc(OCCOc2ccccc2)ccc1C. The zero-order valence-corrected chi connectivity index (χ0v) is 13.5. The van der Waals surface area contributed by atoms with Crippen LogP contribution < -0.4 is 9.47 Å². The van der Waals surface area contributed by atoms with E-state index in [0.29, 0.717) is 13.2 Å². The van der Waals surface area contributed by atoms with E-state index in [9.17, 15) is 0 Å². The van der Waals surface area contributed by atoms with E-state index in [1.807, 2.05) is 48.2 Å². The predicted molar refractivity (Wildman–Crippen MR) is 89.6 cm³/mol. The number of para-hydroxylation sites is 1. The Morgan fingerprint density at radius 1 is 0.905 bits per heavy atom. The van der Waals surface area contributed by atoms with Crippen LogP contribution in [0.4, 0.5) is 0 Å². The van der Waals surface area contributed by atoms with Crippen molar-refractivity contribution in [3.8, 4) is 11.5 Å². The van der Waals surface area contributed by atoms with E-state index in [1.165, 1.54) is 16.9 Å². The highest BCUT2D eigenvalue weighted by Gasteiger charge is 2.02. The van der Waals surface area contributed by atoms with Crippen molar-refractivity contribution in [3.05, 3.63) is 54.1 Å². The second-order valence-electron chi connectivity index (χ2n) is 4.79. The molecule has 0 aromatic heterocycles. The molecule has 2 aromatic rings. The number of hydrogen-bond acceptors (Lipinski definition) is 3. The summed E-state index contributed by atoms with van der Waals surface area (Å²) in [6, 6.07) is 16.1. The van der Waals surface area contributed by atoms with Gasteiger partial charge >= 0.3 is 0 Å². The molecule has 0 atom stereocenters. The molecule has 2 aromatic carbocycles. The number of benzene rings is 2. The fraction of sp³-hybridized carbons (Fsp3) is 0.333. The smallest absolute Gasteiger partial charge is 0.122 e. The molecule has 0 radical (unpaired) electrons. The Labute approximate surface area is 131 Å². The Morgan fingerprint density at radius 3 is 2.33 bits per heavy atom. The Hall–Kier alpha value is -1.61. The van der Waals surface area contributed by atoms with Gasteiger partial charge in [0, 0.05) is 4.90 Å². The summed E-state index contributed by atoms with van der Waals surface area (Å²) in [7, 11) is 0. The van der Waals surface area contributed by atoms with Crippen molar-refractivity contribution in [1.29, 1.82) is 0 Å². The normalized spacial score (nSPS) is 10.4. The monoisotopic (exact) mass is 302 g/mol. The van der Waals surface area contributed by atoms with Gasteiger partial charge in [0.05, 0.1) is 0 Å². The van der Waals surface area contributed by atoms with Gasteiger partial charge in [-0.3, -0.25) is 0 Å². The van der Waals surface area contributed by atoms with Gasteiger partial charge in [-0.25, -0.2) is 0 Å². The number of thioether (sulfide) groups is 1. The molecule has 0 spiro atoms. The minimum absolute atomic E-state index is 0.551. The molecule has 0 unspecified atom stereocenters. The van der Waals surface area contributed by atoms with E-state index in [-0.39, 0.29) is 0 Å². The van der Waals surface area contributed by atoms with Gasteiger partial charge in [-0.1, -0.05) is 31.2 Å². The van der Waals surface area contributed by atoms with Crippen LogP contribution in [-0.2, 0) is 0 Å². The lowest BCUT2D eigenvalue weighted by Gasteiger charge is -2.11. The van der Waals surface area contributed by atoms with E-state index in [0.717, 1.165) is 17.3 Å². The molecule has 0 fully saturated rings. The molecule has 2 rings (SSSR count). The molecule has 3 heteroatoms. The van der Waals surface area contributed by atoms with E-state index in [2.05, 4.69) is 26.0 Å². The Morgan fingerprint density at radius 2 is 1.62 bits per heavy atom. The van der Waals surface area contributed by atoms with Gasteiger partial charge in [0.15, 0.2) is 0 Å². The summed E-state index contributed by atoms with van der Waals surface area (Å²) >= 11 is 1.89. The van der Waals surface area contributed by atoms with E-state index in [4.69, 9.17) is 9.47 Å². The van der Waals surface area contributed by atoms with Gasteiger partial charge in [-0.2, -0.15) is 0 Å². The number of hydrogen-bond donors (Lipinski definition) is 0. The van der Waals surface area contributed by atoms with Crippen LogP contribution >= 0.6 is 11.8 Å². The van der Waals surface area contributed by atoms with E-state index >= 15 is 0 Å². The van der Waals surface area contributed by atoms with Gasteiger partial charge in [0.25, 0.3) is 0 Å². The van der Waals surface area contributed by atoms with Crippen molar-refractivity contribution in [3.63, 3.8) is 0 Å². The van der Waals surface area contributed by atoms with Crippen molar-refractivity contribution in [2.45, 2.75) is 25.2 Å². The molecule has 112 valence electrons. The van der Waals surface area contributed by atoms with Crippen LogP contribution in [0.3, 0.4) is 0 Å². The lowest BCUT2D eigenvalue weighted by atomic mass is 10.2. The average molecular weight is 302 g/mol. The van der Waals surface area contributed by atoms with Crippen molar-refractivity contribution >= 4 is 11.8 Å². The maximum Gasteiger partial charge on any atom is 0.122 e. The predicted octanol–water partition coefficient (Wildman–Crippen LogP) is 4.95. The molecular formula is C18H22O2S. The molecular weight excluding hydrogens is 280 g/mol. The zero-order valence-electron chi connectivity index (χ0n) is 12.7. The summed E-state index contributed by atoms with van der Waals surface area (Å²) in [4.78, 5) is 1.30. The molecule has 0 saturated heterocycles. The van der Waals surface area contributed by atoms with Gasteiger partial charge in [0.1, 0.15) is 24.7 Å². The summed E-state index contributed by atoms with van der Waals surface area (Å²) in [6.07, 6.45) is 1.18. The molecule has 0 N–H and O–H groups in total. The van der Waals surface area contributed by atoms with Gasteiger partial charge in [-0.05, 0) is 48.9 Å². The van der Waals surface area contributed by atoms with Crippen LogP contribution in [0, 0.1) is 6.92 Å². The van der Waals surface area contributed by atoms with Crippen molar-refractivity contribution in [2.24, 2.45) is 0 Å². The lowest BCUT2D eigenvalue weighted by Crippen LogP contribution is -2.09. The molecule has 0 saturated carbocycles. The van der Waals surface area contributed by atoms with Gasteiger partial charge in [0.2, 0.25) is 0 Å². The van der Waals surface area contributed by atoms with Crippen LogP contribution in [-0.4, -0.2) is 19.0 Å². The van der Waals surface area contributed by atoms with Crippen LogP contribution in [0.5, 0.6) is 11.5 Å². The maximum absolute atomic E-state index is 5.77. The highest BCUT2D eigenvalue weighted by Crippen LogP contribution is 2.27. The summed E-state index contributed by atoms with van der Waals surface area (Å²) in [5.74, 6) is 2.93. The highest BCUT2D eigenvalue weighted by molar-refractivity contribution is 7.99. The summed E-state index contributed by atoms with van der Waals surface area (Å²) in [5.41, 5.74) is 1.31. The lowest BCUT2D eigenvalue weighted by molar-refractivity contribution is 0.217.